The van der Waals surface area contributed by atoms with E-state index >= 15 is 0 Å². The number of carbonyl (C=O) groups excluding carboxylic acids is 1. The Kier molecular flexibility index (Phi) is 31.1. The van der Waals surface area contributed by atoms with E-state index in [1.165, 1.54) is 0 Å². The van der Waals surface area contributed by atoms with E-state index in [0.717, 1.165) is 11.1 Å². The largest absolute Gasteiger partial charge is 0.445 e. The van der Waals surface area contributed by atoms with E-state index in [1.54, 1.807) is 0 Å². The molecule has 0 spiro atoms. The lowest BCUT2D eigenvalue weighted by Crippen LogP contribution is -2.28. The van der Waals surface area contributed by atoms with E-state index in [2.05, 4.69) is 5.32 Å². The number of alkyl carbamates (subject to hydrolysis) is 1. The van der Waals surface area contributed by atoms with Crippen molar-refractivity contribution in [1.82, 2.24) is 5.32 Å². The number of ether oxygens (including phenoxy) is 12. The Hall–Kier alpha value is -2.73. The molecule has 2 aromatic rings. The Morgan fingerprint density at radius 2 is 0.627 bits per heavy atom. The minimum atomic E-state index is -0.469. The molecular weight excluding hydrogens is 666 g/mol. The van der Waals surface area contributed by atoms with Gasteiger partial charge in [-0.05, 0) is 11.1 Å². The zero-order valence-electron chi connectivity index (χ0n) is 30.1. The predicted octanol–water partition coefficient (Wildman–Crippen LogP) is 3.30. The molecule has 0 aliphatic heterocycles. The van der Waals surface area contributed by atoms with Gasteiger partial charge in [-0.25, -0.2) is 4.79 Å². The third-order valence-electron chi connectivity index (χ3n) is 6.56. The van der Waals surface area contributed by atoms with E-state index in [0.29, 0.717) is 152 Å². The molecule has 2 rings (SSSR count). The van der Waals surface area contributed by atoms with Crippen LogP contribution in [0.15, 0.2) is 60.7 Å². The second-order valence-electron chi connectivity index (χ2n) is 10.7. The van der Waals surface area contributed by atoms with Gasteiger partial charge in [0.25, 0.3) is 0 Å². The highest BCUT2D eigenvalue weighted by molar-refractivity contribution is 5.67. The molecule has 0 aliphatic carbocycles. The summed E-state index contributed by atoms with van der Waals surface area (Å²) in [7, 11) is 0. The van der Waals surface area contributed by atoms with Crippen LogP contribution in [0.4, 0.5) is 4.79 Å². The summed E-state index contributed by atoms with van der Waals surface area (Å²) in [6, 6.07) is 19.6. The number of benzene rings is 2. The number of carbonyl (C=O) groups is 1. The minimum Gasteiger partial charge on any atom is -0.445 e. The number of rotatable bonds is 37. The van der Waals surface area contributed by atoms with Crippen LogP contribution < -0.4 is 5.32 Å². The van der Waals surface area contributed by atoms with Gasteiger partial charge in [0, 0.05) is 6.54 Å². The topological polar surface area (TPSA) is 140 Å². The van der Waals surface area contributed by atoms with Crippen LogP contribution in [-0.4, -0.2) is 151 Å². The molecule has 0 aliphatic rings. The number of hydrogen-bond acceptors (Lipinski definition) is 13. The Labute approximate surface area is 303 Å². The van der Waals surface area contributed by atoms with Crippen molar-refractivity contribution in [2.24, 2.45) is 0 Å². The summed E-state index contributed by atoms with van der Waals surface area (Å²) in [6.45, 7) is 11.5. The third kappa shape index (κ3) is 30.6. The zero-order valence-corrected chi connectivity index (χ0v) is 30.1. The second kappa shape index (κ2) is 35.7. The van der Waals surface area contributed by atoms with Crippen LogP contribution in [0.5, 0.6) is 0 Å². The molecule has 1 amide bonds. The summed E-state index contributed by atoms with van der Waals surface area (Å²) in [5.74, 6) is 0. The Bertz CT molecular complexity index is 1010. The summed E-state index contributed by atoms with van der Waals surface area (Å²) in [5, 5.41) is 2.64. The molecule has 0 aromatic heterocycles. The maximum absolute atomic E-state index is 11.6. The van der Waals surface area contributed by atoms with Crippen LogP contribution in [-0.2, 0) is 70.1 Å². The minimum absolute atomic E-state index is 0.237. The van der Waals surface area contributed by atoms with Crippen LogP contribution >= 0.6 is 0 Å². The van der Waals surface area contributed by atoms with Crippen LogP contribution in [0.3, 0.4) is 0 Å². The van der Waals surface area contributed by atoms with Crippen molar-refractivity contribution < 1.29 is 61.6 Å². The molecule has 0 bridgehead atoms. The molecule has 1 N–H and O–H groups in total. The molecule has 0 atom stereocenters. The quantitative estimate of drug-likeness (QED) is 0.102. The maximum Gasteiger partial charge on any atom is 0.407 e. The first kappa shape index (κ1) is 44.4. The zero-order chi connectivity index (χ0) is 36.0. The monoisotopic (exact) mass is 725 g/mol. The van der Waals surface area contributed by atoms with Crippen molar-refractivity contribution in [3.8, 4) is 0 Å². The molecule has 51 heavy (non-hydrogen) atoms. The molecule has 14 nitrogen and oxygen atoms in total. The van der Waals surface area contributed by atoms with Crippen molar-refractivity contribution in [3.05, 3.63) is 71.8 Å². The molecule has 2 aromatic carbocycles. The van der Waals surface area contributed by atoms with Gasteiger partial charge in [-0.2, -0.15) is 0 Å². The maximum atomic E-state index is 11.6. The normalized spacial score (nSPS) is 11.2. The van der Waals surface area contributed by atoms with E-state index in [9.17, 15) is 4.79 Å². The van der Waals surface area contributed by atoms with Crippen molar-refractivity contribution in [2.75, 3.05) is 145 Å². The van der Waals surface area contributed by atoms with Crippen LogP contribution in [0.2, 0.25) is 0 Å². The summed E-state index contributed by atoms with van der Waals surface area (Å²) < 4.78 is 65.5. The van der Waals surface area contributed by atoms with Gasteiger partial charge in [-0.3, -0.25) is 0 Å². The molecule has 0 heterocycles. The highest BCUT2D eigenvalue weighted by Crippen LogP contribution is 2.01. The van der Waals surface area contributed by atoms with Crippen molar-refractivity contribution in [1.29, 1.82) is 0 Å². The highest BCUT2D eigenvalue weighted by Gasteiger charge is 2.02. The second-order valence-corrected chi connectivity index (χ2v) is 10.7. The van der Waals surface area contributed by atoms with Gasteiger partial charge in [0.2, 0.25) is 0 Å². The van der Waals surface area contributed by atoms with Gasteiger partial charge >= 0.3 is 6.09 Å². The molecule has 0 saturated carbocycles. The number of amides is 1. The Balaban J connectivity index is 1.14. The molecular formula is C37H59NO13. The van der Waals surface area contributed by atoms with E-state index < -0.39 is 6.09 Å². The third-order valence-corrected chi connectivity index (χ3v) is 6.56. The lowest BCUT2D eigenvalue weighted by atomic mass is 10.2. The molecule has 14 heteroatoms. The van der Waals surface area contributed by atoms with Crippen molar-refractivity contribution >= 4 is 6.09 Å². The summed E-state index contributed by atoms with van der Waals surface area (Å²) in [4.78, 5) is 11.6. The summed E-state index contributed by atoms with van der Waals surface area (Å²) in [5.41, 5.74) is 2.09. The summed E-state index contributed by atoms with van der Waals surface area (Å²) in [6.07, 6.45) is -0.469. The predicted molar refractivity (Wildman–Crippen MR) is 189 cm³/mol. The fourth-order valence-corrected chi connectivity index (χ4v) is 3.96. The van der Waals surface area contributed by atoms with Gasteiger partial charge in [0.15, 0.2) is 0 Å². The van der Waals surface area contributed by atoms with Crippen LogP contribution in [0, 0.1) is 0 Å². The van der Waals surface area contributed by atoms with E-state index in [1.807, 2.05) is 60.7 Å². The Morgan fingerprint density at radius 1 is 0.353 bits per heavy atom. The first-order valence-corrected chi connectivity index (χ1v) is 17.7. The van der Waals surface area contributed by atoms with Gasteiger partial charge in [0.1, 0.15) is 6.61 Å². The van der Waals surface area contributed by atoms with Gasteiger partial charge in [0.05, 0.1) is 145 Å². The molecule has 0 radical (unpaired) electrons. The molecule has 0 unspecified atom stereocenters. The molecule has 0 fully saturated rings. The lowest BCUT2D eigenvalue weighted by Gasteiger charge is -2.09. The van der Waals surface area contributed by atoms with Gasteiger partial charge in [-0.15, -0.1) is 0 Å². The lowest BCUT2D eigenvalue weighted by molar-refractivity contribution is -0.0276. The van der Waals surface area contributed by atoms with Gasteiger partial charge < -0.3 is 62.2 Å². The fourth-order valence-electron chi connectivity index (χ4n) is 3.96. The number of nitrogens with one attached hydrogen (secondary N) is 1. The highest BCUT2D eigenvalue weighted by atomic mass is 16.6. The average Bonchev–Trinajstić information content (AvgIpc) is 3.16. The fraction of sp³-hybridized carbons (Fsp3) is 0.649. The average molecular weight is 726 g/mol. The smallest absolute Gasteiger partial charge is 0.407 e. The van der Waals surface area contributed by atoms with Crippen molar-refractivity contribution in [2.45, 2.75) is 13.2 Å². The van der Waals surface area contributed by atoms with E-state index in [-0.39, 0.29) is 6.61 Å². The first-order chi connectivity index (χ1) is 25.3. The van der Waals surface area contributed by atoms with Crippen LogP contribution in [0.1, 0.15) is 11.1 Å². The summed E-state index contributed by atoms with van der Waals surface area (Å²) >= 11 is 0. The standard InChI is InChI=1S/C37H59NO13/c39-37(51-34-36-9-5-2-6-10-36)38-11-12-40-13-14-41-15-16-42-17-18-43-19-20-44-21-22-45-23-24-46-25-26-47-27-28-48-29-30-49-31-32-50-33-35-7-3-1-4-8-35/h1-10H,11-34H2,(H,38,39). The molecule has 0 saturated heterocycles. The number of hydrogen-bond donors (Lipinski definition) is 1. The van der Waals surface area contributed by atoms with E-state index in [4.69, 9.17) is 56.8 Å². The van der Waals surface area contributed by atoms with Gasteiger partial charge in [-0.1, -0.05) is 60.7 Å². The Morgan fingerprint density at radius 3 is 0.961 bits per heavy atom. The van der Waals surface area contributed by atoms with Crippen molar-refractivity contribution in [3.63, 3.8) is 0 Å². The van der Waals surface area contributed by atoms with Crippen LogP contribution in [0.25, 0.3) is 0 Å². The first-order valence-electron chi connectivity index (χ1n) is 17.7. The molecule has 290 valence electrons. The SMILES string of the molecule is O=C(NCCOCCOCCOCCOCCOCCOCCOCCOCCOCCOCCOCc1ccccc1)OCc1ccccc1.